The van der Waals surface area contributed by atoms with E-state index < -0.39 is 23.5 Å². The summed E-state index contributed by atoms with van der Waals surface area (Å²) in [7, 11) is 0. The minimum Gasteiger partial charge on any atom is -0.166 e. The molecule has 0 aliphatic heterocycles. The molecule has 0 atom stereocenters. The van der Waals surface area contributed by atoms with Gasteiger partial charge in [-0.25, -0.2) is 0 Å². The van der Waals surface area contributed by atoms with E-state index in [0.717, 1.165) is 5.56 Å². The highest BCUT2D eigenvalue weighted by atomic mass is 19.4. The fourth-order valence-electron chi connectivity index (χ4n) is 7.62. The van der Waals surface area contributed by atoms with Crippen molar-refractivity contribution in [1.29, 1.82) is 0 Å². The first-order chi connectivity index (χ1) is 29.1. The molecule has 5 aromatic rings. The smallest absolute Gasteiger partial charge is 0.166 e. The Labute approximate surface area is 385 Å². The molecule has 0 radical (unpaired) electrons. The Morgan fingerprint density at radius 2 is 0.531 bits per heavy atom. The van der Waals surface area contributed by atoms with Gasteiger partial charge in [-0.1, -0.05) is 121 Å². The second-order valence-electron chi connectivity index (χ2n) is 19.3. The zero-order valence-corrected chi connectivity index (χ0v) is 43.4. The van der Waals surface area contributed by atoms with Crippen LogP contribution in [0.15, 0.2) is 60.7 Å². The topological polar surface area (TPSA) is 0 Å². The third kappa shape index (κ3) is 17.2. The van der Waals surface area contributed by atoms with Crippen LogP contribution in [-0.4, -0.2) is 0 Å². The van der Waals surface area contributed by atoms with E-state index in [1.54, 1.807) is 26.8 Å². The van der Waals surface area contributed by atoms with Gasteiger partial charge in [0.2, 0.25) is 0 Å². The van der Waals surface area contributed by atoms with Crippen LogP contribution in [0.4, 0.5) is 26.3 Å². The van der Waals surface area contributed by atoms with E-state index in [-0.39, 0.29) is 5.92 Å². The predicted octanol–water partition coefficient (Wildman–Crippen LogP) is 19.3. The minimum absolute atomic E-state index is 0.116. The lowest BCUT2D eigenvalue weighted by molar-refractivity contribution is -0.139. The monoisotopic (exact) mass is 891 g/mol. The van der Waals surface area contributed by atoms with E-state index in [0.29, 0.717) is 45.6 Å². The molecule has 0 saturated heterocycles. The summed E-state index contributed by atoms with van der Waals surface area (Å²) in [6.07, 6.45) is -8.49. The number of hydrogen-bond donors (Lipinski definition) is 0. The molecule has 0 heterocycles. The van der Waals surface area contributed by atoms with E-state index in [4.69, 9.17) is 0 Å². The molecule has 5 aromatic carbocycles. The molecular weight excluding hydrogens is 811 g/mol. The van der Waals surface area contributed by atoms with Crippen molar-refractivity contribution < 1.29 is 26.3 Å². The molecule has 0 spiro atoms. The highest BCUT2D eigenvalue weighted by molar-refractivity contribution is 5.43. The first-order valence-electron chi connectivity index (χ1n) is 22.7. The molecule has 6 heteroatoms. The lowest BCUT2D eigenvalue weighted by atomic mass is 9.88. The standard InChI is InChI=1S/C14H22.C12H15F3.C12H18.C10H11F3.C10H14/c1-9(2)13-7-11(5)8-14(10(3)4)12(13)6;1-7(2)10-5-8(3)9(4)11(6-10)12(13,14)15;1-8(2)12-6-9(3)11(5)10(4)7-12;1-6-4-7(2)8(3)9(5-6)10(11,12)13;1-7-5-8(2)10(4)9(3)6-7/h7-10H,1-6H3;5-7H,1-4H3;6-8H,1-5H3;4-5H,1-3H3;5-6H,1-4H3. The molecule has 0 nitrogen and oxygen atoms in total. The largest absolute Gasteiger partial charge is 0.416 e. The summed E-state index contributed by atoms with van der Waals surface area (Å²) in [5.74, 6) is 2.02. The van der Waals surface area contributed by atoms with E-state index in [9.17, 15) is 26.3 Å². The Morgan fingerprint density at radius 1 is 0.281 bits per heavy atom. The van der Waals surface area contributed by atoms with Gasteiger partial charge in [-0.15, -0.1) is 0 Å². The maximum absolute atomic E-state index is 12.7. The maximum atomic E-state index is 12.7. The van der Waals surface area contributed by atoms with Crippen molar-refractivity contribution >= 4 is 0 Å². The normalized spacial score (nSPS) is 11.4. The Hall–Kier alpha value is -4.32. The molecule has 0 aliphatic rings. The molecule has 0 unspecified atom stereocenters. The van der Waals surface area contributed by atoms with Crippen LogP contribution in [0.2, 0.25) is 0 Å². The van der Waals surface area contributed by atoms with Gasteiger partial charge in [-0.3, -0.25) is 0 Å². The van der Waals surface area contributed by atoms with E-state index in [2.05, 4.69) is 140 Å². The lowest BCUT2D eigenvalue weighted by Gasteiger charge is -2.17. The van der Waals surface area contributed by atoms with Gasteiger partial charge in [0.25, 0.3) is 0 Å². The number of hydrogen-bond acceptors (Lipinski definition) is 0. The first kappa shape index (κ1) is 57.7. The molecule has 354 valence electrons. The quantitative estimate of drug-likeness (QED) is 0.158. The van der Waals surface area contributed by atoms with Crippen LogP contribution < -0.4 is 0 Å². The number of alkyl halides is 6. The van der Waals surface area contributed by atoms with Gasteiger partial charge in [0.1, 0.15) is 0 Å². The Balaban J connectivity index is 0.000000402. The van der Waals surface area contributed by atoms with E-state index in [1.807, 2.05) is 19.9 Å². The van der Waals surface area contributed by atoms with Gasteiger partial charge >= 0.3 is 12.4 Å². The van der Waals surface area contributed by atoms with Crippen molar-refractivity contribution in [3.8, 4) is 0 Å². The third-order valence-electron chi connectivity index (χ3n) is 12.3. The van der Waals surface area contributed by atoms with E-state index >= 15 is 0 Å². The van der Waals surface area contributed by atoms with Gasteiger partial charge in [0.15, 0.2) is 0 Å². The average Bonchev–Trinajstić information content (AvgIpc) is 3.15. The van der Waals surface area contributed by atoms with Crippen LogP contribution in [0.25, 0.3) is 0 Å². The van der Waals surface area contributed by atoms with Crippen LogP contribution >= 0.6 is 0 Å². The summed E-state index contributed by atoms with van der Waals surface area (Å²) < 4.78 is 75.2. The minimum atomic E-state index is -4.25. The van der Waals surface area contributed by atoms with Gasteiger partial charge in [0, 0.05) is 0 Å². The van der Waals surface area contributed by atoms with Gasteiger partial charge < -0.3 is 0 Å². The van der Waals surface area contributed by atoms with Crippen molar-refractivity contribution in [3.63, 3.8) is 0 Å². The summed E-state index contributed by atoms with van der Waals surface area (Å²) in [4.78, 5) is 0. The highest BCUT2D eigenvalue weighted by Crippen LogP contribution is 2.36. The molecule has 0 amide bonds. The molecule has 5 rings (SSSR count). The second-order valence-corrected chi connectivity index (χ2v) is 19.3. The Morgan fingerprint density at radius 3 is 0.844 bits per heavy atom. The van der Waals surface area contributed by atoms with Gasteiger partial charge in [0.05, 0.1) is 11.1 Å². The van der Waals surface area contributed by atoms with E-state index in [1.165, 1.54) is 92.7 Å². The summed E-state index contributed by atoms with van der Waals surface area (Å²) in [5.41, 5.74) is 19.6. The third-order valence-corrected chi connectivity index (χ3v) is 12.3. The summed E-state index contributed by atoms with van der Waals surface area (Å²) in [6, 6.07) is 19.7. The second kappa shape index (κ2) is 24.3. The zero-order chi connectivity index (χ0) is 49.9. The molecule has 0 saturated carbocycles. The number of benzene rings is 5. The van der Waals surface area contributed by atoms with Gasteiger partial charge in [-0.2, -0.15) is 26.3 Å². The first-order valence-corrected chi connectivity index (χ1v) is 22.7. The lowest BCUT2D eigenvalue weighted by Crippen LogP contribution is -2.10. The van der Waals surface area contributed by atoms with Crippen LogP contribution in [-0.2, 0) is 12.4 Å². The Kier molecular flexibility index (Phi) is 21.9. The molecule has 0 aliphatic carbocycles. The summed E-state index contributed by atoms with van der Waals surface area (Å²) in [6.45, 7) is 45.1. The number of aryl methyl sites for hydroxylation is 9. The molecule has 0 bridgehead atoms. The highest BCUT2D eigenvalue weighted by Gasteiger charge is 2.34. The van der Waals surface area contributed by atoms with Crippen molar-refractivity contribution in [2.75, 3.05) is 0 Å². The molecule has 0 N–H and O–H groups in total. The van der Waals surface area contributed by atoms with Crippen LogP contribution in [0.1, 0.15) is 190 Å². The number of halogens is 6. The predicted molar refractivity (Wildman–Crippen MR) is 265 cm³/mol. The average molecular weight is 891 g/mol. The van der Waals surface area contributed by atoms with Crippen LogP contribution in [0, 0.1) is 96.9 Å². The molecule has 0 aromatic heterocycles. The SMILES string of the molecule is Cc1cc(C(C)C)c(C)c(C(C)C)c1.Cc1cc(C(C)C)cc(C(F)(F)F)c1C.Cc1cc(C(C)C)cc(C)c1C.Cc1cc(C)c(C)c(C(F)(F)F)c1.Cc1cc(C)c(C)c(C)c1. The molecule has 0 fully saturated rings. The van der Waals surface area contributed by atoms with Crippen molar-refractivity contribution in [3.05, 3.63) is 172 Å². The zero-order valence-electron chi connectivity index (χ0n) is 43.4. The maximum Gasteiger partial charge on any atom is 0.416 e. The van der Waals surface area contributed by atoms with Crippen LogP contribution in [0.3, 0.4) is 0 Å². The fraction of sp³-hybridized carbons (Fsp3) is 0.483. The summed E-state index contributed by atoms with van der Waals surface area (Å²) in [5, 5.41) is 0. The van der Waals surface area contributed by atoms with Crippen molar-refractivity contribution in [1.82, 2.24) is 0 Å². The number of rotatable bonds is 4. The molecule has 64 heavy (non-hydrogen) atoms. The van der Waals surface area contributed by atoms with Crippen molar-refractivity contribution in [2.45, 2.75) is 188 Å². The summed E-state index contributed by atoms with van der Waals surface area (Å²) >= 11 is 0. The van der Waals surface area contributed by atoms with Crippen molar-refractivity contribution in [2.24, 2.45) is 0 Å². The van der Waals surface area contributed by atoms with Gasteiger partial charge in [-0.05, 0) is 216 Å². The molecular formula is C58H80F6. The van der Waals surface area contributed by atoms with Crippen LogP contribution in [0.5, 0.6) is 0 Å². The Bertz CT molecular complexity index is 2220. The fourth-order valence-corrected chi connectivity index (χ4v) is 7.62.